The summed E-state index contributed by atoms with van der Waals surface area (Å²) in [5, 5.41) is 4.10. The van der Waals surface area contributed by atoms with Crippen molar-refractivity contribution >= 4 is 0 Å². The van der Waals surface area contributed by atoms with E-state index in [1.165, 1.54) is 0 Å². The average Bonchev–Trinajstić information content (AvgIpc) is 2.53. The van der Waals surface area contributed by atoms with Gasteiger partial charge in [0, 0.05) is 20.4 Å². The molecular formula is C9H18N4O. The Balaban J connectivity index is 2.99. The number of methoxy groups -OCH3 is 1. The highest BCUT2D eigenvalue weighted by Gasteiger charge is 2.31. The van der Waals surface area contributed by atoms with E-state index >= 15 is 0 Å². The number of aryl methyl sites for hydroxylation is 1. The minimum absolute atomic E-state index is 0.0833. The van der Waals surface area contributed by atoms with Crippen LogP contribution in [0.15, 0.2) is 12.3 Å². The molecule has 5 nitrogen and oxygen atoms in total. The monoisotopic (exact) mass is 198 g/mol. The molecule has 0 fully saturated rings. The lowest BCUT2D eigenvalue weighted by molar-refractivity contribution is -0.0133. The maximum absolute atomic E-state index is 5.52. The minimum atomic E-state index is -0.372. The molecule has 0 aromatic carbocycles. The lowest BCUT2D eigenvalue weighted by atomic mass is 9.96. The highest BCUT2D eigenvalue weighted by Crippen LogP contribution is 2.26. The van der Waals surface area contributed by atoms with Crippen molar-refractivity contribution in [2.24, 2.45) is 12.9 Å². The Labute approximate surface area is 84.2 Å². The molecule has 0 radical (unpaired) electrons. The predicted octanol–water partition coefficient (Wildman–Crippen LogP) is 0.349. The van der Waals surface area contributed by atoms with Crippen molar-refractivity contribution in [3.05, 3.63) is 18.0 Å². The molecule has 5 heteroatoms. The van der Waals surface area contributed by atoms with Gasteiger partial charge in [-0.3, -0.25) is 10.5 Å². The van der Waals surface area contributed by atoms with Gasteiger partial charge in [0.1, 0.15) is 0 Å². The zero-order valence-corrected chi connectivity index (χ0v) is 9.11. The van der Waals surface area contributed by atoms with Crippen molar-refractivity contribution in [2.45, 2.75) is 25.5 Å². The standard InChI is InChI=1S/C9H18N4O/c1-9(2,14-4)8(12-10)7-5-6-11-13(7)3/h5-6,8,12H,10H2,1-4H3. The van der Waals surface area contributed by atoms with E-state index in [0.717, 1.165) is 5.69 Å². The summed E-state index contributed by atoms with van der Waals surface area (Å²) in [6, 6.07) is 1.84. The zero-order chi connectivity index (χ0) is 10.8. The Morgan fingerprint density at radius 3 is 2.64 bits per heavy atom. The van der Waals surface area contributed by atoms with Gasteiger partial charge >= 0.3 is 0 Å². The summed E-state index contributed by atoms with van der Waals surface area (Å²) in [6.07, 6.45) is 1.74. The largest absolute Gasteiger partial charge is 0.377 e. The summed E-state index contributed by atoms with van der Waals surface area (Å²) in [5.74, 6) is 5.52. The first-order valence-corrected chi connectivity index (χ1v) is 4.52. The van der Waals surface area contributed by atoms with E-state index < -0.39 is 0 Å². The van der Waals surface area contributed by atoms with E-state index in [-0.39, 0.29) is 11.6 Å². The van der Waals surface area contributed by atoms with E-state index in [1.54, 1.807) is 18.0 Å². The Morgan fingerprint density at radius 2 is 2.29 bits per heavy atom. The molecule has 3 N–H and O–H groups in total. The molecule has 0 amide bonds. The third kappa shape index (κ3) is 1.95. The van der Waals surface area contributed by atoms with Gasteiger partial charge in [0.05, 0.1) is 17.3 Å². The third-order valence-corrected chi connectivity index (χ3v) is 2.54. The first-order valence-electron chi connectivity index (χ1n) is 4.52. The van der Waals surface area contributed by atoms with Crippen LogP contribution >= 0.6 is 0 Å². The number of aromatic nitrogens is 2. The van der Waals surface area contributed by atoms with Crippen LogP contribution in [-0.4, -0.2) is 22.5 Å². The minimum Gasteiger partial charge on any atom is -0.377 e. The van der Waals surface area contributed by atoms with E-state index in [4.69, 9.17) is 10.6 Å². The smallest absolute Gasteiger partial charge is 0.0912 e. The molecule has 1 heterocycles. The number of hydrogen-bond donors (Lipinski definition) is 2. The first-order chi connectivity index (χ1) is 6.53. The zero-order valence-electron chi connectivity index (χ0n) is 9.11. The van der Waals surface area contributed by atoms with Crippen molar-refractivity contribution in [3.63, 3.8) is 0 Å². The normalized spacial score (nSPS) is 14.4. The molecule has 1 aromatic heterocycles. The van der Waals surface area contributed by atoms with Crippen molar-refractivity contribution < 1.29 is 4.74 Å². The Kier molecular flexibility index (Phi) is 3.25. The Hall–Kier alpha value is -0.910. The molecular weight excluding hydrogens is 180 g/mol. The van der Waals surface area contributed by atoms with Crippen molar-refractivity contribution in [1.82, 2.24) is 15.2 Å². The van der Waals surface area contributed by atoms with E-state index in [2.05, 4.69) is 10.5 Å². The van der Waals surface area contributed by atoms with Crippen LogP contribution in [0.2, 0.25) is 0 Å². The van der Waals surface area contributed by atoms with Crippen LogP contribution in [-0.2, 0) is 11.8 Å². The van der Waals surface area contributed by atoms with Crippen LogP contribution in [0.5, 0.6) is 0 Å². The molecule has 1 atom stereocenters. The van der Waals surface area contributed by atoms with Gasteiger partial charge in [0.25, 0.3) is 0 Å². The second-order valence-electron chi connectivity index (χ2n) is 3.79. The summed E-state index contributed by atoms with van der Waals surface area (Å²) < 4.78 is 7.17. The second kappa shape index (κ2) is 4.08. The van der Waals surface area contributed by atoms with Gasteiger partial charge in [0.15, 0.2) is 0 Å². The predicted molar refractivity (Wildman–Crippen MR) is 54.4 cm³/mol. The van der Waals surface area contributed by atoms with E-state index in [0.29, 0.717) is 0 Å². The number of nitrogens with zero attached hydrogens (tertiary/aromatic N) is 2. The SMILES string of the molecule is COC(C)(C)C(NN)c1ccnn1C. The van der Waals surface area contributed by atoms with Gasteiger partial charge in [-0.1, -0.05) is 0 Å². The maximum atomic E-state index is 5.52. The Bertz CT molecular complexity index is 295. The quantitative estimate of drug-likeness (QED) is 0.541. The fraction of sp³-hybridized carbons (Fsp3) is 0.667. The number of nitrogens with two attached hydrogens (primary N) is 1. The van der Waals surface area contributed by atoms with Gasteiger partial charge in [-0.2, -0.15) is 5.10 Å². The van der Waals surface area contributed by atoms with E-state index in [9.17, 15) is 0 Å². The lowest BCUT2D eigenvalue weighted by Gasteiger charge is -2.32. The fourth-order valence-electron chi connectivity index (χ4n) is 1.43. The summed E-state index contributed by atoms with van der Waals surface area (Å²) >= 11 is 0. The van der Waals surface area contributed by atoms with Gasteiger partial charge in [-0.15, -0.1) is 0 Å². The average molecular weight is 198 g/mol. The molecule has 0 saturated carbocycles. The molecule has 0 saturated heterocycles. The Morgan fingerprint density at radius 1 is 1.64 bits per heavy atom. The number of nitrogens with one attached hydrogen (secondary N) is 1. The van der Waals surface area contributed by atoms with Gasteiger partial charge in [-0.05, 0) is 19.9 Å². The summed E-state index contributed by atoms with van der Waals surface area (Å²) in [7, 11) is 3.55. The molecule has 14 heavy (non-hydrogen) atoms. The van der Waals surface area contributed by atoms with Gasteiger partial charge < -0.3 is 4.74 Å². The number of hydrogen-bond acceptors (Lipinski definition) is 4. The molecule has 80 valence electrons. The molecule has 0 aliphatic heterocycles. The highest BCUT2D eigenvalue weighted by molar-refractivity contribution is 5.11. The maximum Gasteiger partial charge on any atom is 0.0912 e. The van der Waals surface area contributed by atoms with Crippen LogP contribution in [0, 0.1) is 0 Å². The molecule has 1 unspecified atom stereocenters. The van der Waals surface area contributed by atoms with Gasteiger partial charge in [0.2, 0.25) is 0 Å². The summed E-state index contributed by atoms with van der Waals surface area (Å²) in [4.78, 5) is 0. The highest BCUT2D eigenvalue weighted by atomic mass is 16.5. The van der Waals surface area contributed by atoms with Crippen LogP contribution in [0.4, 0.5) is 0 Å². The molecule has 1 rings (SSSR count). The van der Waals surface area contributed by atoms with Crippen LogP contribution in [0.25, 0.3) is 0 Å². The summed E-state index contributed by atoms with van der Waals surface area (Å²) in [6.45, 7) is 3.95. The summed E-state index contributed by atoms with van der Waals surface area (Å²) in [5.41, 5.74) is 3.38. The van der Waals surface area contributed by atoms with Crippen molar-refractivity contribution in [3.8, 4) is 0 Å². The number of rotatable bonds is 4. The molecule has 1 aromatic rings. The van der Waals surface area contributed by atoms with Crippen molar-refractivity contribution in [1.29, 1.82) is 0 Å². The van der Waals surface area contributed by atoms with Crippen LogP contribution in [0.1, 0.15) is 25.6 Å². The molecule has 0 aliphatic carbocycles. The second-order valence-corrected chi connectivity index (χ2v) is 3.79. The molecule has 0 bridgehead atoms. The number of hydrazine groups is 1. The lowest BCUT2D eigenvalue weighted by Crippen LogP contribution is -2.44. The van der Waals surface area contributed by atoms with Gasteiger partial charge in [-0.25, -0.2) is 5.43 Å². The first kappa shape index (κ1) is 11.2. The molecule has 0 aliphatic rings. The van der Waals surface area contributed by atoms with Crippen molar-refractivity contribution in [2.75, 3.05) is 7.11 Å². The third-order valence-electron chi connectivity index (χ3n) is 2.54. The topological polar surface area (TPSA) is 65.1 Å². The number of ether oxygens (including phenoxy) is 1. The van der Waals surface area contributed by atoms with Crippen LogP contribution < -0.4 is 11.3 Å². The molecule has 0 spiro atoms. The van der Waals surface area contributed by atoms with Crippen LogP contribution in [0.3, 0.4) is 0 Å². The van der Waals surface area contributed by atoms with E-state index in [1.807, 2.05) is 27.0 Å². The fourth-order valence-corrected chi connectivity index (χ4v) is 1.43.